The largest absolute Gasteiger partial charge is 0.352 e. The van der Waals surface area contributed by atoms with Crippen molar-refractivity contribution in [3.63, 3.8) is 0 Å². The maximum Gasteiger partial charge on any atom is 0.240 e. The Labute approximate surface area is 116 Å². The van der Waals surface area contributed by atoms with Crippen molar-refractivity contribution < 1.29 is 4.79 Å². The molecule has 0 saturated heterocycles. The van der Waals surface area contributed by atoms with Crippen LogP contribution in [-0.4, -0.2) is 21.5 Å². The van der Waals surface area contributed by atoms with Crippen LogP contribution < -0.4 is 5.32 Å². The summed E-state index contributed by atoms with van der Waals surface area (Å²) in [7, 11) is 0. The monoisotopic (exact) mass is 265 g/mol. The van der Waals surface area contributed by atoms with E-state index in [-0.39, 0.29) is 11.9 Å². The highest BCUT2D eigenvalue weighted by atomic mass is 16.2. The average Bonchev–Trinajstić information content (AvgIpc) is 2.65. The Morgan fingerprint density at radius 2 is 2.00 bits per heavy atom. The zero-order chi connectivity index (χ0) is 14.4. The van der Waals surface area contributed by atoms with E-state index in [9.17, 15) is 4.79 Å². The number of rotatable bonds is 7. The van der Waals surface area contributed by atoms with E-state index in [0.717, 1.165) is 30.8 Å². The fraction of sp³-hybridized carbons (Fsp3) is 0.733. The molecule has 1 N–H and O–H groups in total. The van der Waals surface area contributed by atoms with Gasteiger partial charge in [0.2, 0.25) is 5.91 Å². The lowest BCUT2D eigenvalue weighted by Gasteiger charge is -2.15. The first-order valence-corrected chi connectivity index (χ1v) is 7.28. The van der Waals surface area contributed by atoms with Gasteiger partial charge < -0.3 is 9.88 Å². The van der Waals surface area contributed by atoms with E-state index < -0.39 is 0 Å². The molecule has 108 valence electrons. The standard InChI is InChI=1S/C15H27N3O/c1-6-13(7-2)17-15(19)10-18-9-14(8-11(3)4)16-12(18)5/h9,11,13H,6-8,10H2,1-5H3,(H,17,19). The molecule has 1 aromatic rings. The van der Waals surface area contributed by atoms with Crippen molar-refractivity contribution in [1.82, 2.24) is 14.9 Å². The van der Waals surface area contributed by atoms with Crippen molar-refractivity contribution in [2.75, 3.05) is 0 Å². The topological polar surface area (TPSA) is 46.9 Å². The third-order valence-electron chi connectivity index (χ3n) is 3.31. The fourth-order valence-corrected chi connectivity index (χ4v) is 2.17. The number of hydrogen-bond acceptors (Lipinski definition) is 2. The Hall–Kier alpha value is -1.32. The van der Waals surface area contributed by atoms with Gasteiger partial charge in [-0.15, -0.1) is 0 Å². The predicted molar refractivity (Wildman–Crippen MR) is 78.0 cm³/mol. The van der Waals surface area contributed by atoms with Crippen LogP contribution >= 0.6 is 0 Å². The second-order valence-corrected chi connectivity index (χ2v) is 5.59. The van der Waals surface area contributed by atoms with Crippen LogP contribution in [0.1, 0.15) is 52.1 Å². The molecule has 0 aliphatic carbocycles. The predicted octanol–water partition coefficient (Wildman–Crippen LogP) is 2.69. The Kier molecular flexibility index (Phi) is 6.06. The molecule has 0 aliphatic rings. The average molecular weight is 265 g/mol. The van der Waals surface area contributed by atoms with Gasteiger partial charge in [0.25, 0.3) is 0 Å². The van der Waals surface area contributed by atoms with Crippen LogP contribution in [0.5, 0.6) is 0 Å². The second kappa shape index (κ2) is 7.31. The van der Waals surface area contributed by atoms with Gasteiger partial charge in [-0.2, -0.15) is 0 Å². The molecule has 1 aromatic heterocycles. The van der Waals surface area contributed by atoms with E-state index in [4.69, 9.17) is 0 Å². The lowest BCUT2D eigenvalue weighted by Crippen LogP contribution is -2.36. The SMILES string of the molecule is CCC(CC)NC(=O)Cn1cc(CC(C)C)nc1C. The molecule has 0 unspecified atom stereocenters. The number of nitrogens with one attached hydrogen (secondary N) is 1. The maximum absolute atomic E-state index is 12.0. The molecule has 1 amide bonds. The Bertz CT molecular complexity index is 406. The minimum Gasteiger partial charge on any atom is -0.352 e. The summed E-state index contributed by atoms with van der Waals surface area (Å²) >= 11 is 0. The van der Waals surface area contributed by atoms with Crippen molar-refractivity contribution in [2.24, 2.45) is 5.92 Å². The number of aryl methyl sites for hydroxylation is 1. The molecule has 0 radical (unpaired) electrons. The zero-order valence-corrected chi connectivity index (χ0v) is 12.9. The first-order chi connectivity index (χ1) is 8.96. The number of imidazole rings is 1. The molecular weight excluding hydrogens is 238 g/mol. The molecule has 19 heavy (non-hydrogen) atoms. The van der Waals surface area contributed by atoms with Gasteiger partial charge in [-0.1, -0.05) is 27.7 Å². The summed E-state index contributed by atoms with van der Waals surface area (Å²) in [6.45, 7) is 10.9. The number of carbonyl (C=O) groups is 1. The highest BCUT2D eigenvalue weighted by Crippen LogP contribution is 2.08. The van der Waals surface area contributed by atoms with E-state index in [2.05, 4.69) is 38.0 Å². The van der Waals surface area contributed by atoms with Gasteiger partial charge in [0, 0.05) is 12.2 Å². The van der Waals surface area contributed by atoms with Crippen molar-refractivity contribution >= 4 is 5.91 Å². The van der Waals surface area contributed by atoms with E-state index in [1.165, 1.54) is 0 Å². The van der Waals surface area contributed by atoms with Crippen LogP contribution in [0.15, 0.2) is 6.20 Å². The molecular formula is C15H27N3O. The van der Waals surface area contributed by atoms with E-state index >= 15 is 0 Å². The van der Waals surface area contributed by atoms with Gasteiger partial charge in [0.15, 0.2) is 0 Å². The van der Waals surface area contributed by atoms with Gasteiger partial charge >= 0.3 is 0 Å². The Balaban J connectivity index is 2.61. The number of aromatic nitrogens is 2. The molecule has 0 bridgehead atoms. The molecule has 4 heteroatoms. The molecule has 0 aromatic carbocycles. The van der Waals surface area contributed by atoms with Gasteiger partial charge in [0.1, 0.15) is 12.4 Å². The Morgan fingerprint density at radius 1 is 1.37 bits per heavy atom. The van der Waals surface area contributed by atoms with Crippen LogP contribution in [0, 0.1) is 12.8 Å². The van der Waals surface area contributed by atoms with Crippen molar-refractivity contribution in [3.8, 4) is 0 Å². The summed E-state index contributed by atoms with van der Waals surface area (Å²) in [5, 5.41) is 3.05. The minimum atomic E-state index is 0.0743. The number of hydrogen-bond donors (Lipinski definition) is 1. The normalized spacial score (nSPS) is 11.3. The van der Waals surface area contributed by atoms with E-state index in [0.29, 0.717) is 12.5 Å². The van der Waals surface area contributed by atoms with Crippen LogP contribution in [0.25, 0.3) is 0 Å². The van der Waals surface area contributed by atoms with Gasteiger partial charge in [-0.3, -0.25) is 4.79 Å². The highest BCUT2D eigenvalue weighted by Gasteiger charge is 2.12. The molecule has 0 aliphatic heterocycles. The molecule has 0 atom stereocenters. The highest BCUT2D eigenvalue weighted by molar-refractivity contribution is 5.76. The first kappa shape index (κ1) is 15.7. The lowest BCUT2D eigenvalue weighted by atomic mass is 10.1. The van der Waals surface area contributed by atoms with Gasteiger partial charge in [-0.05, 0) is 32.1 Å². The van der Waals surface area contributed by atoms with Crippen LogP contribution in [0.4, 0.5) is 0 Å². The maximum atomic E-state index is 12.0. The fourth-order valence-electron chi connectivity index (χ4n) is 2.17. The summed E-state index contributed by atoms with van der Waals surface area (Å²) in [6.07, 6.45) is 4.91. The van der Waals surface area contributed by atoms with Crippen LogP contribution in [0.2, 0.25) is 0 Å². The van der Waals surface area contributed by atoms with Crippen LogP contribution in [0.3, 0.4) is 0 Å². The summed E-state index contributed by atoms with van der Waals surface area (Å²) < 4.78 is 1.94. The zero-order valence-electron chi connectivity index (χ0n) is 12.9. The molecule has 0 spiro atoms. The molecule has 4 nitrogen and oxygen atoms in total. The summed E-state index contributed by atoms with van der Waals surface area (Å²) in [4.78, 5) is 16.5. The van der Waals surface area contributed by atoms with Gasteiger partial charge in [-0.25, -0.2) is 4.98 Å². The van der Waals surface area contributed by atoms with Crippen molar-refractivity contribution in [3.05, 3.63) is 17.7 Å². The minimum absolute atomic E-state index is 0.0743. The summed E-state index contributed by atoms with van der Waals surface area (Å²) in [6, 6.07) is 0.284. The second-order valence-electron chi connectivity index (χ2n) is 5.59. The van der Waals surface area contributed by atoms with Crippen molar-refractivity contribution in [1.29, 1.82) is 0 Å². The van der Waals surface area contributed by atoms with Crippen LogP contribution in [-0.2, 0) is 17.8 Å². The number of carbonyl (C=O) groups excluding carboxylic acids is 1. The molecule has 0 fully saturated rings. The van der Waals surface area contributed by atoms with E-state index in [1.807, 2.05) is 17.7 Å². The third kappa shape index (κ3) is 5.05. The molecule has 1 heterocycles. The Morgan fingerprint density at radius 3 is 2.53 bits per heavy atom. The summed E-state index contributed by atoms with van der Waals surface area (Å²) in [5.74, 6) is 1.57. The lowest BCUT2D eigenvalue weighted by molar-refractivity contribution is -0.122. The molecule has 0 saturated carbocycles. The summed E-state index contributed by atoms with van der Waals surface area (Å²) in [5.41, 5.74) is 1.07. The number of amides is 1. The van der Waals surface area contributed by atoms with Crippen molar-refractivity contribution in [2.45, 2.75) is 66.5 Å². The van der Waals surface area contributed by atoms with Gasteiger partial charge in [0.05, 0.1) is 5.69 Å². The molecule has 1 rings (SSSR count). The number of nitrogens with zero attached hydrogens (tertiary/aromatic N) is 2. The van der Waals surface area contributed by atoms with E-state index in [1.54, 1.807) is 0 Å². The third-order valence-corrected chi connectivity index (χ3v) is 3.31. The smallest absolute Gasteiger partial charge is 0.240 e. The first-order valence-electron chi connectivity index (χ1n) is 7.28. The quantitative estimate of drug-likeness (QED) is 0.824.